The molecule has 0 aliphatic rings. The van der Waals surface area contributed by atoms with Crippen molar-refractivity contribution in [3.05, 3.63) is 78.6 Å². The number of methoxy groups -OCH3 is 2. The summed E-state index contributed by atoms with van der Waals surface area (Å²) in [7, 11) is 3.31. The number of unbranched alkanes of at least 4 members (excludes halogenated alkanes) is 1. The molecule has 3 aromatic carbocycles. The molecule has 1 aromatic heterocycles. The fourth-order valence-corrected chi connectivity index (χ4v) is 3.54. The molecule has 0 fully saturated rings. The van der Waals surface area contributed by atoms with Gasteiger partial charge in [-0.1, -0.05) is 12.1 Å². The van der Waals surface area contributed by atoms with E-state index in [0.717, 1.165) is 59.2 Å². The molecule has 4 rings (SSSR count). The molecular formula is C26H28N2O4. The monoisotopic (exact) mass is 432 g/mol. The van der Waals surface area contributed by atoms with Crippen molar-refractivity contribution in [2.45, 2.75) is 26.0 Å². The van der Waals surface area contributed by atoms with Crippen molar-refractivity contribution in [3.8, 4) is 23.0 Å². The summed E-state index contributed by atoms with van der Waals surface area (Å²) in [5.74, 6) is 4.19. The molecule has 6 heteroatoms. The standard InChI is InChI=1S/C26H28N2O4/c1-29-20-9-13-22(14-10-20)31-18-6-5-17-28-25-8-4-3-7-24(25)27-26(28)19-32-23-15-11-21(30-2)12-16-23/h3-4,7-16H,5-6,17-19H2,1-2H3. The van der Waals surface area contributed by atoms with Crippen LogP contribution in [0.25, 0.3) is 11.0 Å². The Morgan fingerprint density at radius 1 is 0.688 bits per heavy atom. The molecule has 0 radical (unpaired) electrons. The highest BCUT2D eigenvalue weighted by Gasteiger charge is 2.11. The Morgan fingerprint density at radius 2 is 1.28 bits per heavy atom. The van der Waals surface area contributed by atoms with Gasteiger partial charge in [0.15, 0.2) is 0 Å². The number of nitrogens with zero attached hydrogens (tertiary/aromatic N) is 2. The Morgan fingerprint density at radius 3 is 1.94 bits per heavy atom. The summed E-state index contributed by atoms with van der Waals surface area (Å²) in [5, 5.41) is 0. The summed E-state index contributed by atoms with van der Waals surface area (Å²) in [5.41, 5.74) is 2.10. The number of ether oxygens (including phenoxy) is 4. The number of para-hydroxylation sites is 2. The summed E-state index contributed by atoms with van der Waals surface area (Å²) in [4.78, 5) is 4.79. The first-order chi connectivity index (χ1) is 15.8. The molecule has 0 saturated heterocycles. The van der Waals surface area contributed by atoms with Gasteiger partial charge in [0, 0.05) is 6.54 Å². The maximum atomic E-state index is 5.99. The van der Waals surface area contributed by atoms with Crippen molar-refractivity contribution in [1.29, 1.82) is 0 Å². The molecule has 0 amide bonds. The molecule has 0 saturated carbocycles. The van der Waals surface area contributed by atoms with E-state index in [0.29, 0.717) is 13.2 Å². The Balaban J connectivity index is 1.35. The SMILES string of the molecule is COc1ccc(OCCCCn2c(COc3ccc(OC)cc3)nc3ccccc32)cc1. The smallest absolute Gasteiger partial charge is 0.147 e. The van der Waals surface area contributed by atoms with Gasteiger partial charge in [0.2, 0.25) is 0 Å². The van der Waals surface area contributed by atoms with E-state index < -0.39 is 0 Å². The van der Waals surface area contributed by atoms with Crippen LogP contribution in [0.3, 0.4) is 0 Å². The Hall–Kier alpha value is -3.67. The molecule has 4 aromatic rings. The van der Waals surface area contributed by atoms with Gasteiger partial charge in [0.1, 0.15) is 35.4 Å². The first-order valence-corrected chi connectivity index (χ1v) is 10.7. The second kappa shape index (κ2) is 10.6. The number of hydrogen-bond acceptors (Lipinski definition) is 5. The van der Waals surface area contributed by atoms with Crippen LogP contribution in [0.4, 0.5) is 0 Å². The fraction of sp³-hybridized carbons (Fsp3) is 0.269. The normalized spacial score (nSPS) is 10.8. The molecule has 0 bridgehead atoms. The zero-order valence-corrected chi connectivity index (χ0v) is 18.5. The minimum atomic E-state index is 0.406. The lowest BCUT2D eigenvalue weighted by molar-refractivity contribution is 0.284. The van der Waals surface area contributed by atoms with Crippen molar-refractivity contribution in [2.75, 3.05) is 20.8 Å². The van der Waals surface area contributed by atoms with Gasteiger partial charge in [-0.3, -0.25) is 0 Å². The summed E-state index contributed by atoms with van der Waals surface area (Å²) >= 11 is 0. The van der Waals surface area contributed by atoms with Crippen molar-refractivity contribution in [2.24, 2.45) is 0 Å². The zero-order valence-electron chi connectivity index (χ0n) is 18.5. The molecule has 0 spiro atoms. The summed E-state index contributed by atoms with van der Waals surface area (Å²) in [6.45, 7) is 1.92. The van der Waals surface area contributed by atoms with Crippen molar-refractivity contribution >= 4 is 11.0 Å². The van der Waals surface area contributed by atoms with E-state index in [4.69, 9.17) is 23.9 Å². The highest BCUT2D eigenvalue weighted by molar-refractivity contribution is 5.75. The maximum absolute atomic E-state index is 5.99. The highest BCUT2D eigenvalue weighted by Crippen LogP contribution is 2.21. The molecule has 32 heavy (non-hydrogen) atoms. The Kier molecular flexibility index (Phi) is 7.12. The fourth-order valence-electron chi connectivity index (χ4n) is 3.54. The first-order valence-electron chi connectivity index (χ1n) is 10.7. The van der Waals surface area contributed by atoms with Gasteiger partial charge in [-0.2, -0.15) is 0 Å². The number of rotatable bonds is 11. The molecule has 0 aliphatic heterocycles. The van der Waals surface area contributed by atoms with Crippen LogP contribution >= 0.6 is 0 Å². The van der Waals surface area contributed by atoms with E-state index >= 15 is 0 Å². The van der Waals surface area contributed by atoms with Crippen LogP contribution in [0.15, 0.2) is 72.8 Å². The summed E-state index contributed by atoms with van der Waals surface area (Å²) in [6.07, 6.45) is 1.92. The number of aryl methyl sites for hydroxylation is 1. The van der Waals surface area contributed by atoms with E-state index in [2.05, 4.69) is 10.6 Å². The van der Waals surface area contributed by atoms with Crippen molar-refractivity contribution < 1.29 is 18.9 Å². The van der Waals surface area contributed by atoms with Crippen molar-refractivity contribution in [1.82, 2.24) is 9.55 Å². The van der Waals surface area contributed by atoms with E-state index in [9.17, 15) is 0 Å². The zero-order chi connectivity index (χ0) is 22.2. The van der Waals surface area contributed by atoms with E-state index in [-0.39, 0.29) is 0 Å². The largest absolute Gasteiger partial charge is 0.497 e. The van der Waals surface area contributed by atoms with Crippen LogP contribution in [0.5, 0.6) is 23.0 Å². The predicted molar refractivity (Wildman–Crippen MR) is 125 cm³/mol. The van der Waals surface area contributed by atoms with Crippen LogP contribution in [-0.4, -0.2) is 30.4 Å². The van der Waals surface area contributed by atoms with Crippen LogP contribution in [0, 0.1) is 0 Å². The van der Waals surface area contributed by atoms with Crippen LogP contribution < -0.4 is 18.9 Å². The lowest BCUT2D eigenvalue weighted by atomic mass is 10.3. The summed E-state index contributed by atoms with van der Waals surface area (Å²) in [6, 6.07) is 23.4. The van der Waals surface area contributed by atoms with Gasteiger partial charge in [0.25, 0.3) is 0 Å². The molecule has 0 aliphatic carbocycles. The average Bonchev–Trinajstić information content (AvgIpc) is 3.20. The number of aromatic nitrogens is 2. The average molecular weight is 433 g/mol. The maximum Gasteiger partial charge on any atom is 0.147 e. The van der Waals surface area contributed by atoms with Gasteiger partial charge in [-0.25, -0.2) is 4.98 Å². The Bertz CT molecular complexity index is 1120. The highest BCUT2D eigenvalue weighted by atomic mass is 16.5. The number of fused-ring (bicyclic) bond motifs is 1. The van der Waals surface area contributed by atoms with Gasteiger partial charge >= 0.3 is 0 Å². The number of hydrogen-bond donors (Lipinski definition) is 0. The van der Waals surface area contributed by atoms with Crippen molar-refractivity contribution in [3.63, 3.8) is 0 Å². The molecule has 0 N–H and O–H groups in total. The third-order valence-electron chi connectivity index (χ3n) is 5.27. The van der Waals surface area contributed by atoms with Crippen LogP contribution in [0.1, 0.15) is 18.7 Å². The number of benzene rings is 3. The minimum absolute atomic E-state index is 0.406. The molecule has 6 nitrogen and oxygen atoms in total. The first kappa shape index (κ1) is 21.6. The van der Waals surface area contributed by atoms with E-state index in [1.54, 1.807) is 14.2 Å². The Labute approximate surface area is 188 Å². The van der Waals surface area contributed by atoms with Gasteiger partial charge in [-0.15, -0.1) is 0 Å². The van der Waals surface area contributed by atoms with Gasteiger partial charge in [-0.05, 0) is 73.5 Å². The molecule has 166 valence electrons. The molecule has 0 atom stereocenters. The third kappa shape index (κ3) is 5.32. The molecule has 1 heterocycles. The summed E-state index contributed by atoms with van der Waals surface area (Å²) < 4.78 is 24.5. The quantitative estimate of drug-likeness (QED) is 0.293. The number of imidazole rings is 1. The predicted octanol–water partition coefficient (Wildman–Crippen LogP) is 5.49. The lowest BCUT2D eigenvalue weighted by Crippen LogP contribution is -2.09. The van der Waals surface area contributed by atoms with Gasteiger partial charge < -0.3 is 23.5 Å². The second-order valence-electron chi connectivity index (χ2n) is 7.36. The van der Waals surface area contributed by atoms with E-state index in [1.807, 2.05) is 66.7 Å². The van der Waals surface area contributed by atoms with E-state index in [1.165, 1.54) is 0 Å². The lowest BCUT2D eigenvalue weighted by Gasteiger charge is -2.11. The van der Waals surface area contributed by atoms with Crippen LogP contribution in [0.2, 0.25) is 0 Å². The molecular weight excluding hydrogens is 404 g/mol. The van der Waals surface area contributed by atoms with Crippen LogP contribution in [-0.2, 0) is 13.2 Å². The second-order valence-corrected chi connectivity index (χ2v) is 7.36. The van der Waals surface area contributed by atoms with Gasteiger partial charge in [0.05, 0.1) is 31.9 Å². The third-order valence-corrected chi connectivity index (χ3v) is 5.27. The minimum Gasteiger partial charge on any atom is -0.497 e. The molecule has 0 unspecified atom stereocenters. The topological polar surface area (TPSA) is 54.7 Å².